The summed E-state index contributed by atoms with van der Waals surface area (Å²) in [4.78, 5) is 19.1. The lowest BCUT2D eigenvalue weighted by Crippen LogP contribution is -2.15. The van der Waals surface area contributed by atoms with Gasteiger partial charge >= 0.3 is 0 Å². The molecule has 0 saturated carbocycles. The molecule has 2 aromatic rings. The number of benzene rings is 1. The average molecular weight is 345 g/mol. The Balaban J connectivity index is 2.26. The lowest BCUT2D eigenvalue weighted by Gasteiger charge is -2.14. The number of aromatic nitrogens is 2. The topological polar surface area (TPSA) is 97.2 Å². The van der Waals surface area contributed by atoms with Crippen molar-refractivity contribution in [1.29, 1.82) is 5.26 Å². The van der Waals surface area contributed by atoms with Crippen LogP contribution in [0.3, 0.4) is 0 Å². The van der Waals surface area contributed by atoms with Gasteiger partial charge in [0.15, 0.2) is 16.7 Å². The zero-order valence-electron chi connectivity index (χ0n) is 13.2. The summed E-state index contributed by atoms with van der Waals surface area (Å²) in [6.07, 6.45) is 2.56. The van der Waals surface area contributed by atoms with Gasteiger partial charge in [-0.25, -0.2) is 4.98 Å². The first-order valence-corrected chi connectivity index (χ1v) is 8.46. The lowest BCUT2D eigenvalue weighted by atomic mass is 10.1. The highest BCUT2D eigenvalue weighted by molar-refractivity contribution is 7.98. The van der Waals surface area contributed by atoms with Crippen LogP contribution in [-0.4, -0.2) is 36.5 Å². The molecule has 1 aliphatic rings. The zero-order valence-corrected chi connectivity index (χ0v) is 14.0. The Bertz CT molecular complexity index is 873. The molecular weight excluding hydrogens is 330 g/mol. The maximum absolute atomic E-state index is 12.1. The van der Waals surface area contributed by atoms with Crippen LogP contribution in [0.15, 0.2) is 22.1 Å². The van der Waals surface area contributed by atoms with E-state index in [9.17, 15) is 10.1 Å². The van der Waals surface area contributed by atoms with Gasteiger partial charge in [0.05, 0.1) is 20.3 Å². The molecule has 0 spiro atoms. The van der Waals surface area contributed by atoms with Crippen LogP contribution >= 0.6 is 11.8 Å². The highest BCUT2D eigenvalue weighted by Gasteiger charge is 2.21. The van der Waals surface area contributed by atoms with E-state index in [0.29, 0.717) is 41.2 Å². The van der Waals surface area contributed by atoms with Gasteiger partial charge in [0.2, 0.25) is 0 Å². The van der Waals surface area contributed by atoms with Gasteiger partial charge in [-0.15, -0.1) is 0 Å². The van der Waals surface area contributed by atoms with E-state index in [1.807, 2.05) is 6.07 Å². The molecule has 0 aliphatic carbocycles. The van der Waals surface area contributed by atoms with Crippen LogP contribution in [0.2, 0.25) is 0 Å². The van der Waals surface area contributed by atoms with Crippen LogP contribution in [0, 0.1) is 11.3 Å². The molecule has 0 atom stereocenters. The Morgan fingerprint density at radius 2 is 2.04 bits per heavy atom. The highest BCUT2D eigenvalue weighted by atomic mass is 32.2. The number of fused-ring (bicyclic) bond motifs is 1. The normalized spacial score (nSPS) is 13.0. The molecule has 0 saturated heterocycles. The summed E-state index contributed by atoms with van der Waals surface area (Å²) in [6.45, 7) is 1.08. The van der Waals surface area contributed by atoms with Gasteiger partial charge in [0.1, 0.15) is 23.1 Å². The maximum atomic E-state index is 12.1. The summed E-state index contributed by atoms with van der Waals surface area (Å²) < 4.78 is 16.7. The van der Waals surface area contributed by atoms with Gasteiger partial charge in [-0.05, 0) is 12.3 Å². The summed E-state index contributed by atoms with van der Waals surface area (Å²) in [5.41, 5.74) is 0.222. The number of thioether (sulfide) groups is 1. The fourth-order valence-corrected chi connectivity index (χ4v) is 2.77. The van der Waals surface area contributed by atoms with E-state index >= 15 is 0 Å². The van der Waals surface area contributed by atoms with E-state index in [1.54, 1.807) is 18.4 Å². The van der Waals surface area contributed by atoms with Gasteiger partial charge in [-0.2, -0.15) is 5.26 Å². The Morgan fingerprint density at radius 3 is 2.67 bits per heavy atom. The van der Waals surface area contributed by atoms with Gasteiger partial charge in [-0.3, -0.25) is 4.79 Å². The first-order valence-electron chi connectivity index (χ1n) is 7.24. The Hall–Kier alpha value is -2.66. The number of nitriles is 1. The first kappa shape index (κ1) is 16.2. The van der Waals surface area contributed by atoms with Gasteiger partial charge in [0.25, 0.3) is 5.56 Å². The van der Waals surface area contributed by atoms with Crippen LogP contribution in [-0.2, 0) is 0 Å². The van der Waals surface area contributed by atoms with E-state index in [-0.39, 0.29) is 11.3 Å². The minimum Gasteiger partial charge on any atom is -0.496 e. The van der Waals surface area contributed by atoms with Crippen molar-refractivity contribution in [3.63, 3.8) is 0 Å². The molecule has 24 heavy (non-hydrogen) atoms. The van der Waals surface area contributed by atoms with E-state index < -0.39 is 5.56 Å². The number of hydrogen-bond donors (Lipinski definition) is 1. The van der Waals surface area contributed by atoms with Crippen LogP contribution in [0.4, 0.5) is 0 Å². The number of rotatable bonds is 3. The summed E-state index contributed by atoms with van der Waals surface area (Å²) in [5.74, 6) is 1.57. The summed E-state index contributed by atoms with van der Waals surface area (Å²) >= 11 is 1.28. The molecule has 1 aliphatic heterocycles. The number of nitrogens with one attached hydrogen (secondary N) is 1. The SMILES string of the molecule is COc1cc2c(cc1-c1nc(SC)[nH]c(=O)c1C#N)OCCCO2. The number of nitrogens with zero attached hydrogens (tertiary/aromatic N) is 2. The fraction of sp³-hybridized carbons (Fsp3) is 0.312. The molecule has 1 aromatic heterocycles. The predicted molar refractivity (Wildman–Crippen MR) is 88.9 cm³/mol. The number of methoxy groups -OCH3 is 1. The Morgan fingerprint density at radius 1 is 1.33 bits per heavy atom. The molecule has 2 heterocycles. The fourth-order valence-electron chi connectivity index (χ4n) is 2.39. The second kappa shape index (κ2) is 6.84. The second-order valence-corrected chi connectivity index (χ2v) is 5.76. The van der Waals surface area contributed by atoms with Crippen molar-refractivity contribution in [3.8, 4) is 34.6 Å². The first-order chi connectivity index (χ1) is 11.7. The third-order valence-corrected chi connectivity index (χ3v) is 4.11. The predicted octanol–water partition coefficient (Wildman–Crippen LogP) is 2.20. The monoisotopic (exact) mass is 345 g/mol. The van der Waals surface area contributed by atoms with Crippen LogP contribution in [0.5, 0.6) is 17.2 Å². The van der Waals surface area contributed by atoms with E-state index in [1.165, 1.54) is 18.9 Å². The lowest BCUT2D eigenvalue weighted by molar-refractivity contribution is 0.296. The molecule has 124 valence electrons. The Kier molecular flexibility index (Phi) is 4.62. The van der Waals surface area contributed by atoms with E-state index in [0.717, 1.165) is 6.42 Å². The third-order valence-electron chi connectivity index (χ3n) is 3.53. The molecule has 1 aromatic carbocycles. The second-order valence-electron chi connectivity index (χ2n) is 4.96. The van der Waals surface area contributed by atoms with Gasteiger partial charge < -0.3 is 19.2 Å². The van der Waals surface area contributed by atoms with E-state index in [4.69, 9.17) is 14.2 Å². The molecule has 0 radical (unpaired) electrons. The minimum absolute atomic E-state index is 0.0689. The summed E-state index contributed by atoms with van der Waals surface area (Å²) in [5, 5.41) is 9.78. The van der Waals surface area contributed by atoms with Crippen molar-refractivity contribution >= 4 is 11.8 Å². The molecule has 1 N–H and O–H groups in total. The zero-order chi connectivity index (χ0) is 17.1. The third kappa shape index (κ3) is 2.90. The molecule has 7 nitrogen and oxygen atoms in total. The van der Waals surface area contributed by atoms with Gasteiger partial charge in [-0.1, -0.05) is 11.8 Å². The van der Waals surface area contributed by atoms with E-state index in [2.05, 4.69) is 9.97 Å². The maximum Gasteiger partial charge on any atom is 0.270 e. The van der Waals surface area contributed by atoms with Crippen LogP contribution in [0.1, 0.15) is 12.0 Å². The Labute approximate surface area is 142 Å². The minimum atomic E-state index is -0.485. The standard InChI is InChI=1S/C16H15N3O4S/c1-21-11-7-13-12(22-4-3-5-23-13)6-9(11)14-10(8-17)15(20)19-16(18-14)24-2/h6-7H,3-5H2,1-2H3,(H,18,19,20). The molecule has 0 unspecified atom stereocenters. The molecule has 0 bridgehead atoms. The molecular formula is C16H15N3O4S. The number of ether oxygens (including phenoxy) is 3. The van der Waals surface area contributed by atoms with Crippen molar-refractivity contribution in [2.75, 3.05) is 26.6 Å². The van der Waals surface area contributed by atoms with Crippen molar-refractivity contribution in [3.05, 3.63) is 28.0 Å². The summed E-state index contributed by atoms with van der Waals surface area (Å²) in [7, 11) is 1.51. The van der Waals surface area contributed by atoms with Crippen LogP contribution < -0.4 is 19.8 Å². The largest absolute Gasteiger partial charge is 0.496 e. The molecule has 0 fully saturated rings. The quantitative estimate of drug-likeness (QED) is 0.673. The highest BCUT2D eigenvalue weighted by Crippen LogP contribution is 2.41. The number of hydrogen-bond acceptors (Lipinski definition) is 7. The van der Waals surface area contributed by atoms with Crippen molar-refractivity contribution < 1.29 is 14.2 Å². The molecule has 0 amide bonds. The average Bonchev–Trinajstić information content (AvgIpc) is 2.84. The summed E-state index contributed by atoms with van der Waals surface area (Å²) in [6, 6.07) is 5.31. The number of aromatic amines is 1. The van der Waals surface area contributed by atoms with Crippen LogP contribution in [0.25, 0.3) is 11.3 Å². The van der Waals surface area contributed by atoms with Crippen molar-refractivity contribution in [2.24, 2.45) is 0 Å². The van der Waals surface area contributed by atoms with Gasteiger partial charge in [0, 0.05) is 18.1 Å². The van der Waals surface area contributed by atoms with Crippen molar-refractivity contribution in [2.45, 2.75) is 11.6 Å². The molecule has 3 rings (SSSR count). The smallest absolute Gasteiger partial charge is 0.270 e. The molecule has 8 heteroatoms. The number of H-pyrrole nitrogens is 1. The van der Waals surface area contributed by atoms with Crippen molar-refractivity contribution in [1.82, 2.24) is 9.97 Å².